The summed E-state index contributed by atoms with van der Waals surface area (Å²) in [7, 11) is 0. The second-order valence-electron chi connectivity index (χ2n) is 5.12. The van der Waals surface area contributed by atoms with Crippen LogP contribution in [0.4, 0.5) is 4.79 Å². The normalized spacial score (nSPS) is 15.9. The quantitative estimate of drug-likeness (QED) is 0.771. The Balaban J connectivity index is 1.94. The second kappa shape index (κ2) is 7.88. The van der Waals surface area contributed by atoms with Crippen molar-refractivity contribution < 1.29 is 9.53 Å². The van der Waals surface area contributed by atoms with Crippen LogP contribution in [0.25, 0.3) is 0 Å². The van der Waals surface area contributed by atoms with Gasteiger partial charge >= 0.3 is 6.03 Å². The van der Waals surface area contributed by atoms with Gasteiger partial charge < -0.3 is 20.3 Å². The van der Waals surface area contributed by atoms with E-state index in [2.05, 4.69) is 30.5 Å². The molecule has 116 valence electrons. The highest BCUT2D eigenvalue weighted by Crippen LogP contribution is 2.27. The van der Waals surface area contributed by atoms with Gasteiger partial charge in [-0.05, 0) is 19.0 Å². The third-order valence-corrected chi connectivity index (χ3v) is 3.72. The molecule has 1 atom stereocenters. The minimum Gasteiger partial charge on any atom is -0.491 e. The molecule has 2 rings (SSSR count). The first-order valence-electron chi connectivity index (χ1n) is 7.74. The van der Waals surface area contributed by atoms with E-state index in [9.17, 15) is 4.79 Å². The molecule has 0 aliphatic carbocycles. The number of nitrogens with one attached hydrogen (secondary N) is 2. The van der Waals surface area contributed by atoms with Crippen molar-refractivity contribution in [2.75, 3.05) is 32.8 Å². The Kier molecular flexibility index (Phi) is 5.87. The van der Waals surface area contributed by atoms with Crippen LogP contribution in [0, 0.1) is 0 Å². The van der Waals surface area contributed by atoms with E-state index in [1.54, 1.807) is 4.90 Å². The van der Waals surface area contributed by atoms with Crippen LogP contribution in [0.15, 0.2) is 24.3 Å². The maximum Gasteiger partial charge on any atom is 0.317 e. The van der Waals surface area contributed by atoms with Crippen molar-refractivity contribution in [1.82, 2.24) is 15.5 Å². The Morgan fingerprint density at radius 2 is 2.19 bits per heavy atom. The fraction of sp³-hybridized carbons (Fsp3) is 0.562. The first-order chi connectivity index (χ1) is 10.3. The summed E-state index contributed by atoms with van der Waals surface area (Å²) in [5, 5.41) is 6.27. The van der Waals surface area contributed by atoms with E-state index in [0.717, 1.165) is 31.8 Å². The fourth-order valence-electron chi connectivity index (χ4n) is 2.61. The molecule has 1 unspecified atom stereocenters. The summed E-state index contributed by atoms with van der Waals surface area (Å²) < 4.78 is 5.91. The van der Waals surface area contributed by atoms with Crippen molar-refractivity contribution in [2.24, 2.45) is 0 Å². The number of carbonyl (C=O) groups excluding carboxylic acids is 1. The second-order valence-corrected chi connectivity index (χ2v) is 5.12. The van der Waals surface area contributed by atoms with Gasteiger partial charge in [-0.1, -0.05) is 32.0 Å². The Morgan fingerprint density at radius 3 is 2.86 bits per heavy atom. The van der Waals surface area contributed by atoms with Crippen molar-refractivity contribution in [1.29, 1.82) is 0 Å². The number of para-hydroxylation sites is 1. The van der Waals surface area contributed by atoms with Gasteiger partial charge in [-0.2, -0.15) is 0 Å². The Hall–Kier alpha value is -1.75. The van der Waals surface area contributed by atoms with Crippen LogP contribution in [-0.2, 0) is 0 Å². The van der Waals surface area contributed by atoms with Crippen molar-refractivity contribution >= 4 is 6.03 Å². The van der Waals surface area contributed by atoms with Crippen LogP contribution in [-0.4, -0.2) is 43.7 Å². The van der Waals surface area contributed by atoms with Gasteiger partial charge in [-0.25, -0.2) is 4.79 Å². The number of rotatable bonds is 8. The molecule has 1 aliphatic rings. The van der Waals surface area contributed by atoms with Gasteiger partial charge in [0.1, 0.15) is 12.4 Å². The van der Waals surface area contributed by atoms with Gasteiger partial charge in [0.15, 0.2) is 0 Å². The molecule has 21 heavy (non-hydrogen) atoms. The molecule has 1 aromatic carbocycles. The van der Waals surface area contributed by atoms with Gasteiger partial charge in [0.2, 0.25) is 0 Å². The van der Waals surface area contributed by atoms with Crippen molar-refractivity contribution in [3.8, 4) is 5.75 Å². The molecule has 1 aliphatic heterocycles. The number of hydrogen-bond donors (Lipinski definition) is 2. The van der Waals surface area contributed by atoms with Crippen LogP contribution in [0.2, 0.25) is 0 Å². The lowest BCUT2D eigenvalue weighted by Crippen LogP contribution is -2.32. The highest BCUT2D eigenvalue weighted by Gasteiger charge is 2.19. The molecule has 1 saturated heterocycles. The van der Waals surface area contributed by atoms with Crippen LogP contribution < -0.4 is 15.4 Å². The Labute approximate surface area is 126 Å². The number of benzene rings is 1. The molecule has 0 saturated carbocycles. The van der Waals surface area contributed by atoms with Crippen molar-refractivity contribution in [2.45, 2.75) is 26.3 Å². The zero-order valence-electron chi connectivity index (χ0n) is 12.9. The third-order valence-electron chi connectivity index (χ3n) is 3.72. The summed E-state index contributed by atoms with van der Waals surface area (Å²) >= 11 is 0. The van der Waals surface area contributed by atoms with E-state index >= 15 is 0 Å². The topological polar surface area (TPSA) is 53.6 Å². The smallest absolute Gasteiger partial charge is 0.317 e. The average Bonchev–Trinajstić information content (AvgIpc) is 2.91. The van der Waals surface area contributed by atoms with Crippen LogP contribution >= 0.6 is 0 Å². The predicted octanol–water partition coefficient (Wildman–Crippen LogP) is 2.15. The zero-order valence-corrected chi connectivity index (χ0v) is 12.9. The number of carbonyl (C=O) groups is 1. The minimum absolute atomic E-state index is 0.00553. The number of amides is 2. The fourth-order valence-corrected chi connectivity index (χ4v) is 2.61. The Bertz CT molecular complexity index is 465. The van der Waals surface area contributed by atoms with E-state index in [1.165, 1.54) is 5.56 Å². The largest absolute Gasteiger partial charge is 0.491 e. The molecular weight excluding hydrogens is 266 g/mol. The van der Waals surface area contributed by atoms with E-state index < -0.39 is 0 Å². The van der Waals surface area contributed by atoms with Gasteiger partial charge in [0, 0.05) is 24.7 Å². The summed E-state index contributed by atoms with van der Waals surface area (Å²) in [6, 6.07) is 8.44. The predicted molar refractivity (Wildman–Crippen MR) is 83.6 cm³/mol. The van der Waals surface area contributed by atoms with Crippen LogP contribution in [0.3, 0.4) is 0 Å². The van der Waals surface area contributed by atoms with Crippen LogP contribution in [0.1, 0.15) is 31.9 Å². The van der Waals surface area contributed by atoms with Gasteiger partial charge in [-0.3, -0.25) is 0 Å². The van der Waals surface area contributed by atoms with Crippen molar-refractivity contribution in [3.63, 3.8) is 0 Å². The maximum atomic E-state index is 11.5. The summed E-state index contributed by atoms with van der Waals surface area (Å²) in [5.41, 5.74) is 1.19. The summed E-state index contributed by atoms with van der Waals surface area (Å²) in [5.74, 6) is 0.907. The van der Waals surface area contributed by atoms with E-state index in [4.69, 9.17) is 4.74 Å². The molecule has 2 N–H and O–H groups in total. The number of nitrogens with zero attached hydrogens (tertiary/aromatic N) is 1. The summed E-state index contributed by atoms with van der Waals surface area (Å²) in [6.45, 7) is 7.84. The number of urea groups is 1. The molecule has 0 bridgehead atoms. The van der Waals surface area contributed by atoms with E-state index in [1.807, 2.05) is 18.2 Å². The lowest BCUT2D eigenvalue weighted by molar-refractivity contribution is 0.202. The first-order valence-corrected chi connectivity index (χ1v) is 7.74. The van der Waals surface area contributed by atoms with Crippen molar-refractivity contribution in [3.05, 3.63) is 29.8 Å². The van der Waals surface area contributed by atoms with Gasteiger partial charge in [0.25, 0.3) is 0 Å². The third kappa shape index (κ3) is 4.11. The number of hydrogen-bond acceptors (Lipinski definition) is 3. The molecule has 5 nitrogen and oxygen atoms in total. The molecular formula is C16H25N3O2. The number of ether oxygens (including phenoxy) is 1. The molecule has 2 amide bonds. The molecule has 0 spiro atoms. The lowest BCUT2D eigenvalue weighted by atomic mass is 10.0. The van der Waals surface area contributed by atoms with Crippen LogP contribution in [0.5, 0.6) is 5.75 Å². The Morgan fingerprint density at radius 1 is 1.38 bits per heavy atom. The first kappa shape index (κ1) is 15.6. The van der Waals surface area contributed by atoms with E-state index in [-0.39, 0.29) is 6.03 Å². The van der Waals surface area contributed by atoms with Gasteiger partial charge in [0.05, 0.1) is 6.54 Å². The monoisotopic (exact) mass is 291 g/mol. The molecule has 0 aromatic heterocycles. The highest BCUT2D eigenvalue weighted by molar-refractivity contribution is 5.76. The summed E-state index contributed by atoms with van der Waals surface area (Å²) in [4.78, 5) is 13.3. The van der Waals surface area contributed by atoms with Gasteiger partial charge in [-0.15, -0.1) is 0 Å². The standard InChI is InChI=1S/C16H25N3O2/c1-3-14(17-4-2)13-7-5-6-8-15(13)21-12-11-19-10-9-18-16(19)20/h5-8,14,17H,3-4,9-12H2,1-2H3,(H,18,20). The SMILES string of the molecule is CCNC(CC)c1ccccc1OCCN1CCNC1=O. The zero-order chi connectivity index (χ0) is 15.1. The lowest BCUT2D eigenvalue weighted by Gasteiger charge is -2.21. The maximum absolute atomic E-state index is 11.5. The molecule has 1 heterocycles. The average molecular weight is 291 g/mol. The highest BCUT2D eigenvalue weighted by atomic mass is 16.5. The minimum atomic E-state index is 0.00553. The molecule has 1 aromatic rings. The molecule has 0 radical (unpaired) electrons. The summed E-state index contributed by atoms with van der Waals surface area (Å²) in [6.07, 6.45) is 1.02. The molecule has 5 heteroatoms. The molecule has 1 fully saturated rings. The van der Waals surface area contributed by atoms with E-state index in [0.29, 0.717) is 19.2 Å².